The average Bonchev–Trinajstić information content (AvgIpc) is 3.01. The van der Waals surface area contributed by atoms with E-state index in [4.69, 9.17) is 16.3 Å². The molecule has 8 nitrogen and oxygen atoms in total. The van der Waals surface area contributed by atoms with Gasteiger partial charge in [0.25, 0.3) is 0 Å². The molecule has 0 radical (unpaired) electrons. The van der Waals surface area contributed by atoms with Crippen LogP contribution in [0.4, 0.5) is 18.9 Å². The van der Waals surface area contributed by atoms with E-state index in [1.807, 2.05) is 30.3 Å². The number of anilines is 1. The van der Waals surface area contributed by atoms with Gasteiger partial charge in [0.1, 0.15) is 18.3 Å². The zero-order valence-corrected chi connectivity index (χ0v) is 27.2. The lowest BCUT2D eigenvalue weighted by atomic mass is 9.94. The van der Waals surface area contributed by atoms with Gasteiger partial charge in [-0.3, -0.25) is 13.9 Å². The maximum atomic E-state index is 14.3. The predicted octanol–water partition coefficient (Wildman–Crippen LogP) is 6.22. The van der Waals surface area contributed by atoms with E-state index in [0.717, 1.165) is 56.1 Å². The van der Waals surface area contributed by atoms with Crippen LogP contribution >= 0.6 is 11.6 Å². The predicted molar refractivity (Wildman–Crippen MR) is 171 cm³/mol. The lowest BCUT2D eigenvalue weighted by Gasteiger charge is -2.35. The topological polar surface area (TPSA) is 96.0 Å². The van der Waals surface area contributed by atoms with E-state index in [1.54, 1.807) is 24.3 Å². The highest BCUT2D eigenvalue weighted by Crippen LogP contribution is 2.37. The highest BCUT2D eigenvalue weighted by Gasteiger charge is 2.37. The van der Waals surface area contributed by atoms with Gasteiger partial charge in [-0.1, -0.05) is 73.3 Å². The molecular weight excluding hydrogens is 643 g/mol. The Kier molecular flexibility index (Phi) is 11.6. The summed E-state index contributed by atoms with van der Waals surface area (Å²) in [5.74, 6) is -0.671. The number of halogens is 4. The van der Waals surface area contributed by atoms with Crippen molar-refractivity contribution < 1.29 is 35.9 Å². The van der Waals surface area contributed by atoms with Crippen LogP contribution in [0.15, 0.2) is 72.8 Å². The van der Waals surface area contributed by atoms with E-state index in [1.165, 1.54) is 12.0 Å². The Morgan fingerprint density at radius 2 is 1.65 bits per heavy atom. The molecular formula is C33H37ClF3N3O5S. The van der Waals surface area contributed by atoms with Gasteiger partial charge in [0.05, 0.1) is 29.6 Å². The number of amides is 2. The Hall–Kier alpha value is -3.77. The molecule has 0 bridgehead atoms. The second kappa shape index (κ2) is 15.2. The van der Waals surface area contributed by atoms with Crippen molar-refractivity contribution in [3.8, 4) is 5.75 Å². The van der Waals surface area contributed by atoms with Crippen molar-refractivity contribution in [2.75, 3.05) is 24.2 Å². The van der Waals surface area contributed by atoms with Gasteiger partial charge in [-0.25, -0.2) is 8.42 Å². The molecule has 0 saturated heterocycles. The minimum absolute atomic E-state index is 0.0735. The minimum atomic E-state index is -4.86. The number of alkyl halides is 3. The van der Waals surface area contributed by atoms with Crippen LogP contribution in [-0.4, -0.2) is 57.1 Å². The van der Waals surface area contributed by atoms with Gasteiger partial charge >= 0.3 is 6.18 Å². The van der Waals surface area contributed by atoms with E-state index in [-0.39, 0.29) is 24.7 Å². The molecule has 1 atom stereocenters. The summed E-state index contributed by atoms with van der Waals surface area (Å²) in [6.07, 6.45) is 0.648. The molecule has 1 saturated carbocycles. The number of carbonyl (C=O) groups excluding carboxylic acids is 2. The molecule has 0 heterocycles. The quantitative estimate of drug-likeness (QED) is 0.245. The lowest BCUT2D eigenvalue weighted by Crippen LogP contribution is -2.55. The number of ether oxygens (including phenoxy) is 1. The summed E-state index contributed by atoms with van der Waals surface area (Å²) in [6, 6.07) is 17.5. The Balaban J connectivity index is 1.77. The van der Waals surface area contributed by atoms with Gasteiger partial charge in [0.15, 0.2) is 0 Å². The number of benzene rings is 3. The second-order valence-corrected chi connectivity index (χ2v) is 13.7. The van der Waals surface area contributed by atoms with Crippen molar-refractivity contribution >= 4 is 39.1 Å². The first-order valence-electron chi connectivity index (χ1n) is 14.9. The fourth-order valence-electron chi connectivity index (χ4n) is 5.57. The van der Waals surface area contributed by atoms with E-state index >= 15 is 0 Å². The van der Waals surface area contributed by atoms with Gasteiger partial charge in [-0.05, 0) is 54.3 Å². The molecule has 46 heavy (non-hydrogen) atoms. The van der Waals surface area contributed by atoms with Gasteiger partial charge in [-0.2, -0.15) is 13.2 Å². The van der Waals surface area contributed by atoms with E-state index in [2.05, 4.69) is 5.32 Å². The molecule has 3 aromatic carbocycles. The van der Waals surface area contributed by atoms with Crippen LogP contribution < -0.4 is 14.4 Å². The maximum absolute atomic E-state index is 14.3. The SMILES string of the molecule is COc1cccc(CN(C(=O)CN(c2ccc(Cl)c(C(F)(F)F)c2)S(C)(=O)=O)C(Cc2ccccc2)C(=O)NC2CCCCC2)c1. The molecule has 13 heteroatoms. The van der Waals surface area contributed by atoms with Crippen LogP contribution in [0.2, 0.25) is 5.02 Å². The summed E-state index contributed by atoms with van der Waals surface area (Å²) < 4.78 is 73.0. The maximum Gasteiger partial charge on any atom is 0.417 e. The molecule has 248 valence electrons. The Labute approximate surface area is 272 Å². The molecule has 0 aliphatic heterocycles. The second-order valence-electron chi connectivity index (χ2n) is 11.4. The number of carbonyl (C=O) groups is 2. The molecule has 0 aromatic heterocycles. The fourth-order valence-corrected chi connectivity index (χ4v) is 6.63. The third-order valence-electron chi connectivity index (χ3n) is 7.93. The number of methoxy groups -OCH3 is 1. The number of hydrogen-bond donors (Lipinski definition) is 1. The van der Waals surface area contributed by atoms with E-state index in [9.17, 15) is 31.2 Å². The summed E-state index contributed by atoms with van der Waals surface area (Å²) >= 11 is 5.79. The summed E-state index contributed by atoms with van der Waals surface area (Å²) in [5.41, 5.74) is -0.259. The Morgan fingerprint density at radius 3 is 2.28 bits per heavy atom. The summed E-state index contributed by atoms with van der Waals surface area (Å²) in [4.78, 5) is 29.6. The molecule has 1 fully saturated rings. The number of nitrogens with zero attached hydrogens (tertiary/aromatic N) is 2. The Bertz CT molecular complexity index is 1620. The van der Waals surface area contributed by atoms with Crippen LogP contribution in [0, 0.1) is 0 Å². The molecule has 1 unspecified atom stereocenters. The summed E-state index contributed by atoms with van der Waals surface area (Å²) in [5, 5.41) is 2.49. The summed E-state index contributed by atoms with van der Waals surface area (Å²) in [7, 11) is -2.79. The third kappa shape index (κ3) is 9.38. The standard InChI is InChI=1S/C33H37ClF3N3O5S/c1-45-27-15-9-12-24(18-27)21-39(30(19-23-10-5-3-6-11-23)32(42)38-25-13-7-4-8-14-25)31(41)22-40(46(2,43)44)26-16-17-29(34)28(20-26)33(35,36)37/h3,5-6,9-12,15-18,20,25,30H,4,7-8,13-14,19,21-22H2,1-2H3,(H,38,42). The lowest BCUT2D eigenvalue weighted by molar-refractivity contribution is -0.140. The van der Waals surface area contributed by atoms with Crippen LogP contribution in [0.1, 0.15) is 48.8 Å². The molecule has 1 N–H and O–H groups in total. The molecule has 2 amide bonds. The van der Waals surface area contributed by atoms with Gasteiger partial charge in [-0.15, -0.1) is 0 Å². The average molecular weight is 680 g/mol. The van der Waals surface area contributed by atoms with Gasteiger partial charge in [0.2, 0.25) is 21.8 Å². The summed E-state index contributed by atoms with van der Waals surface area (Å²) in [6.45, 7) is -0.957. The smallest absolute Gasteiger partial charge is 0.417 e. The molecule has 1 aliphatic rings. The first kappa shape index (κ1) is 35.1. The van der Waals surface area contributed by atoms with Crippen LogP contribution in [0.3, 0.4) is 0 Å². The Morgan fingerprint density at radius 1 is 0.978 bits per heavy atom. The largest absolute Gasteiger partial charge is 0.497 e. The number of rotatable bonds is 12. The van der Waals surface area contributed by atoms with Crippen LogP contribution in [-0.2, 0) is 38.8 Å². The van der Waals surface area contributed by atoms with Crippen molar-refractivity contribution in [2.45, 2.75) is 63.3 Å². The highest BCUT2D eigenvalue weighted by molar-refractivity contribution is 7.92. The minimum Gasteiger partial charge on any atom is -0.497 e. The van der Waals surface area contributed by atoms with Gasteiger partial charge in [0, 0.05) is 19.0 Å². The number of hydrogen-bond acceptors (Lipinski definition) is 5. The fraction of sp³-hybridized carbons (Fsp3) is 0.394. The number of sulfonamides is 1. The molecule has 0 spiro atoms. The van der Waals surface area contributed by atoms with Crippen molar-refractivity contribution in [2.24, 2.45) is 0 Å². The van der Waals surface area contributed by atoms with Crippen molar-refractivity contribution in [3.63, 3.8) is 0 Å². The zero-order valence-electron chi connectivity index (χ0n) is 25.6. The normalized spacial score (nSPS) is 14.7. The third-order valence-corrected chi connectivity index (χ3v) is 9.40. The van der Waals surface area contributed by atoms with E-state index in [0.29, 0.717) is 21.7 Å². The molecule has 3 aromatic rings. The van der Waals surface area contributed by atoms with Crippen molar-refractivity contribution in [1.29, 1.82) is 0 Å². The first-order valence-corrected chi connectivity index (χ1v) is 17.1. The van der Waals surface area contributed by atoms with E-state index < -0.39 is 51.2 Å². The zero-order chi connectivity index (χ0) is 33.5. The first-order chi connectivity index (χ1) is 21.8. The molecule has 4 rings (SSSR count). The van der Waals surface area contributed by atoms with Crippen molar-refractivity contribution in [1.82, 2.24) is 10.2 Å². The highest BCUT2D eigenvalue weighted by atomic mass is 35.5. The van der Waals surface area contributed by atoms with Crippen LogP contribution in [0.5, 0.6) is 5.75 Å². The monoisotopic (exact) mass is 679 g/mol. The van der Waals surface area contributed by atoms with Gasteiger partial charge < -0.3 is 15.0 Å². The van der Waals surface area contributed by atoms with Crippen LogP contribution in [0.25, 0.3) is 0 Å². The number of nitrogens with one attached hydrogen (secondary N) is 1. The van der Waals surface area contributed by atoms with Crippen molar-refractivity contribution in [3.05, 3.63) is 94.5 Å². The molecule has 1 aliphatic carbocycles.